The summed E-state index contributed by atoms with van der Waals surface area (Å²) in [5.41, 5.74) is 5.58. The van der Waals surface area contributed by atoms with Crippen LogP contribution in [0.5, 0.6) is 11.5 Å². The fourth-order valence-corrected chi connectivity index (χ4v) is 3.63. The van der Waals surface area contributed by atoms with Gasteiger partial charge in [0.2, 0.25) is 0 Å². The van der Waals surface area contributed by atoms with Crippen LogP contribution in [0.25, 0.3) is 16.7 Å². The molecule has 3 rings (SSSR count). The van der Waals surface area contributed by atoms with Crippen molar-refractivity contribution in [1.29, 1.82) is 0 Å². The van der Waals surface area contributed by atoms with Gasteiger partial charge in [-0.05, 0) is 75.9 Å². The molecule has 0 spiro atoms. The van der Waals surface area contributed by atoms with Gasteiger partial charge < -0.3 is 19.6 Å². The number of phenolic OH excluding ortho intramolecular Hbond substituents is 1. The molecule has 0 fully saturated rings. The van der Waals surface area contributed by atoms with Gasteiger partial charge in [-0.1, -0.05) is 36.4 Å². The van der Waals surface area contributed by atoms with E-state index < -0.39 is 0 Å². The van der Waals surface area contributed by atoms with Crippen LogP contribution in [0.3, 0.4) is 0 Å². The first-order chi connectivity index (χ1) is 14.0. The van der Waals surface area contributed by atoms with Gasteiger partial charge in [0.25, 0.3) is 0 Å². The molecule has 1 aliphatic carbocycles. The smallest absolute Gasteiger partial charge is 0.127 e. The maximum atomic E-state index is 10.3. The first kappa shape index (κ1) is 21.2. The van der Waals surface area contributed by atoms with Crippen LogP contribution in [0, 0.1) is 0 Å². The van der Waals surface area contributed by atoms with Crippen molar-refractivity contribution in [3.63, 3.8) is 0 Å². The fourth-order valence-electron chi connectivity index (χ4n) is 3.63. The van der Waals surface area contributed by atoms with Gasteiger partial charge in [-0.2, -0.15) is 0 Å². The second-order valence-electron chi connectivity index (χ2n) is 8.08. The lowest BCUT2D eigenvalue weighted by molar-refractivity contribution is 0.261. The summed E-state index contributed by atoms with van der Waals surface area (Å²) in [6.07, 6.45) is 6.60. The Balaban J connectivity index is 2.07. The topological polar surface area (TPSA) is 35.9 Å². The predicted molar refractivity (Wildman–Crippen MR) is 121 cm³/mol. The molecule has 4 nitrogen and oxygen atoms in total. The van der Waals surface area contributed by atoms with Crippen LogP contribution in [0.2, 0.25) is 0 Å². The molecule has 0 saturated carbocycles. The molecule has 154 valence electrons. The lowest BCUT2D eigenvalue weighted by atomic mass is 9.89. The Morgan fingerprint density at radius 3 is 2.48 bits per heavy atom. The Morgan fingerprint density at radius 2 is 1.76 bits per heavy atom. The zero-order valence-corrected chi connectivity index (χ0v) is 18.0. The molecule has 0 amide bonds. The third-order valence-corrected chi connectivity index (χ3v) is 5.07. The average Bonchev–Trinajstić information content (AvgIpc) is 2.68. The number of likely N-dealkylation sites (N-methyl/N-ethyl adjacent to an activating group) is 2. The van der Waals surface area contributed by atoms with Gasteiger partial charge in [-0.15, -0.1) is 0 Å². The van der Waals surface area contributed by atoms with Crippen molar-refractivity contribution < 1.29 is 9.84 Å². The van der Waals surface area contributed by atoms with Crippen LogP contribution in [-0.2, 0) is 0 Å². The van der Waals surface area contributed by atoms with E-state index in [1.807, 2.05) is 44.4 Å². The van der Waals surface area contributed by atoms with E-state index in [9.17, 15) is 5.11 Å². The van der Waals surface area contributed by atoms with E-state index in [-0.39, 0.29) is 0 Å². The van der Waals surface area contributed by atoms with Crippen molar-refractivity contribution in [2.24, 2.45) is 0 Å². The Labute approximate surface area is 174 Å². The van der Waals surface area contributed by atoms with E-state index in [0.717, 1.165) is 48.4 Å². The highest BCUT2D eigenvalue weighted by molar-refractivity contribution is 5.84. The Morgan fingerprint density at radius 1 is 0.966 bits per heavy atom. The number of ether oxygens (including phenoxy) is 1. The molecule has 0 aromatic heterocycles. The third kappa shape index (κ3) is 5.49. The number of para-hydroxylation sites is 1. The number of aromatic hydroxyl groups is 1. The number of nitrogens with zero attached hydrogens (tertiary/aromatic N) is 2. The van der Waals surface area contributed by atoms with Crippen molar-refractivity contribution in [2.45, 2.75) is 12.8 Å². The Hall–Kier alpha value is -2.56. The van der Waals surface area contributed by atoms with E-state index >= 15 is 0 Å². The lowest BCUT2D eigenvalue weighted by Gasteiger charge is -2.22. The summed E-state index contributed by atoms with van der Waals surface area (Å²) >= 11 is 0. The maximum Gasteiger partial charge on any atom is 0.127 e. The standard InChI is InChI=1S/C25H32N2O2/c1-26(2)15-16-29-25-14-13-19(22-11-7-8-12-24(22)28)17-23(25)21-10-6-5-9-20(21)18-27(3)4/h6-8,10-14,17,28H,5,9,15-16,18H2,1-4H3. The monoisotopic (exact) mass is 392 g/mol. The number of hydrogen-bond acceptors (Lipinski definition) is 4. The largest absolute Gasteiger partial charge is 0.507 e. The molecule has 0 unspecified atom stereocenters. The van der Waals surface area contributed by atoms with Crippen LogP contribution in [0.1, 0.15) is 18.4 Å². The van der Waals surface area contributed by atoms with Crippen LogP contribution in [-0.4, -0.2) is 62.8 Å². The van der Waals surface area contributed by atoms with Crippen molar-refractivity contribution in [3.05, 3.63) is 65.8 Å². The van der Waals surface area contributed by atoms with Gasteiger partial charge in [0.1, 0.15) is 18.1 Å². The van der Waals surface area contributed by atoms with Crippen LogP contribution < -0.4 is 4.74 Å². The molecule has 1 aliphatic rings. The van der Waals surface area contributed by atoms with E-state index in [2.05, 4.69) is 42.1 Å². The van der Waals surface area contributed by atoms with Gasteiger partial charge in [0, 0.05) is 24.2 Å². The molecule has 4 heteroatoms. The molecule has 2 aromatic carbocycles. The minimum absolute atomic E-state index is 0.293. The number of hydrogen-bond donors (Lipinski definition) is 1. The Bertz CT molecular complexity index is 897. The molecule has 0 atom stereocenters. The van der Waals surface area contributed by atoms with Crippen LogP contribution in [0.15, 0.2) is 60.2 Å². The summed E-state index contributed by atoms with van der Waals surface area (Å²) in [5, 5.41) is 10.3. The first-order valence-electron chi connectivity index (χ1n) is 10.2. The second kappa shape index (κ2) is 9.77. The highest BCUT2D eigenvalue weighted by atomic mass is 16.5. The van der Waals surface area contributed by atoms with Gasteiger partial charge >= 0.3 is 0 Å². The van der Waals surface area contributed by atoms with E-state index in [0.29, 0.717) is 12.4 Å². The molecule has 0 heterocycles. The molecule has 0 bridgehead atoms. The first-order valence-corrected chi connectivity index (χ1v) is 10.2. The number of allylic oxidation sites excluding steroid dienone is 3. The van der Waals surface area contributed by atoms with Gasteiger partial charge in [0.15, 0.2) is 0 Å². The summed E-state index contributed by atoms with van der Waals surface area (Å²) < 4.78 is 6.19. The van der Waals surface area contributed by atoms with Gasteiger partial charge in [0.05, 0.1) is 0 Å². The van der Waals surface area contributed by atoms with Crippen molar-refractivity contribution >= 4 is 5.57 Å². The molecule has 2 aromatic rings. The zero-order valence-electron chi connectivity index (χ0n) is 18.0. The highest BCUT2D eigenvalue weighted by Gasteiger charge is 2.17. The second-order valence-corrected chi connectivity index (χ2v) is 8.08. The number of benzene rings is 2. The molecular formula is C25H32N2O2. The van der Waals surface area contributed by atoms with Crippen molar-refractivity contribution in [2.75, 3.05) is 47.9 Å². The van der Waals surface area contributed by atoms with E-state index in [4.69, 9.17) is 4.74 Å². The summed E-state index contributed by atoms with van der Waals surface area (Å²) in [6.45, 7) is 2.42. The van der Waals surface area contributed by atoms with Gasteiger partial charge in [-0.3, -0.25) is 0 Å². The zero-order chi connectivity index (χ0) is 20.8. The normalized spacial score (nSPS) is 14.1. The van der Waals surface area contributed by atoms with E-state index in [1.165, 1.54) is 11.1 Å². The predicted octanol–water partition coefficient (Wildman–Crippen LogP) is 4.66. The average molecular weight is 393 g/mol. The quantitative estimate of drug-likeness (QED) is 0.708. The SMILES string of the molecule is CN(C)CCOc1ccc(-c2ccccc2O)cc1C1=C(CN(C)C)CCC=C1. The lowest BCUT2D eigenvalue weighted by Crippen LogP contribution is -2.20. The van der Waals surface area contributed by atoms with Crippen molar-refractivity contribution in [3.8, 4) is 22.6 Å². The molecular weight excluding hydrogens is 360 g/mol. The third-order valence-electron chi connectivity index (χ3n) is 5.07. The minimum atomic E-state index is 0.293. The minimum Gasteiger partial charge on any atom is -0.507 e. The number of phenols is 1. The summed E-state index contributed by atoms with van der Waals surface area (Å²) in [4.78, 5) is 4.33. The molecule has 1 N–H and O–H groups in total. The maximum absolute atomic E-state index is 10.3. The molecule has 0 saturated heterocycles. The summed E-state index contributed by atoms with van der Waals surface area (Å²) in [5.74, 6) is 1.19. The Kier molecular flexibility index (Phi) is 7.13. The number of rotatable bonds is 8. The molecule has 0 aliphatic heterocycles. The van der Waals surface area contributed by atoms with Crippen LogP contribution >= 0.6 is 0 Å². The molecule has 0 radical (unpaired) electrons. The summed E-state index contributed by atoms with van der Waals surface area (Å²) in [7, 11) is 8.31. The fraction of sp³-hybridized carbons (Fsp3) is 0.360. The summed E-state index contributed by atoms with van der Waals surface area (Å²) in [6, 6.07) is 13.7. The highest BCUT2D eigenvalue weighted by Crippen LogP contribution is 2.38. The van der Waals surface area contributed by atoms with Crippen LogP contribution in [0.4, 0.5) is 0 Å². The van der Waals surface area contributed by atoms with Gasteiger partial charge in [-0.25, -0.2) is 0 Å². The van der Waals surface area contributed by atoms with E-state index in [1.54, 1.807) is 6.07 Å². The molecule has 29 heavy (non-hydrogen) atoms. The van der Waals surface area contributed by atoms with Crippen molar-refractivity contribution in [1.82, 2.24) is 9.80 Å².